The van der Waals surface area contributed by atoms with Crippen LogP contribution in [-0.2, 0) is 13.0 Å². The Kier molecular flexibility index (Phi) is 4.41. The smallest absolute Gasteiger partial charge is 0.167 e. The molecule has 0 saturated carbocycles. The quantitative estimate of drug-likeness (QED) is 0.872. The van der Waals surface area contributed by atoms with Gasteiger partial charge in [-0.1, -0.05) is 24.3 Å². The van der Waals surface area contributed by atoms with Gasteiger partial charge in [0.1, 0.15) is 5.69 Å². The lowest BCUT2D eigenvalue weighted by Crippen LogP contribution is -2.08. The topological polar surface area (TPSA) is 45.1 Å². The Bertz CT molecular complexity index is 523. The van der Waals surface area contributed by atoms with Gasteiger partial charge in [-0.25, -0.2) is 8.78 Å². The molecule has 0 fully saturated rings. The van der Waals surface area contributed by atoms with Crippen LogP contribution in [0.2, 0.25) is 0 Å². The third-order valence-corrected chi connectivity index (χ3v) is 2.77. The van der Waals surface area contributed by atoms with Crippen LogP contribution in [0.25, 0.3) is 0 Å². The van der Waals surface area contributed by atoms with Crippen molar-refractivity contribution in [2.45, 2.75) is 13.0 Å². The van der Waals surface area contributed by atoms with E-state index in [-0.39, 0.29) is 12.3 Å². The van der Waals surface area contributed by atoms with Gasteiger partial charge in [-0.3, -0.25) is 4.98 Å². The minimum atomic E-state index is -0.698. The van der Waals surface area contributed by atoms with Crippen molar-refractivity contribution in [3.63, 3.8) is 0 Å². The van der Waals surface area contributed by atoms with Crippen molar-refractivity contribution in [2.24, 2.45) is 0 Å². The summed E-state index contributed by atoms with van der Waals surface area (Å²) in [4.78, 5) is 3.42. The van der Waals surface area contributed by atoms with Gasteiger partial charge in [0.15, 0.2) is 11.6 Å². The first kappa shape index (κ1) is 13.4. The molecule has 5 heteroatoms. The molecule has 0 spiro atoms. The molecular formula is C14H14F2N2O. The van der Waals surface area contributed by atoms with Gasteiger partial charge in [0.05, 0.1) is 19.0 Å². The van der Waals surface area contributed by atoms with Gasteiger partial charge in [0.2, 0.25) is 0 Å². The Labute approximate surface area is 109 Å². The van der Waals surface area contributed by atoms with Crippen LogP contribution in [0.1, 0.15) is 11.1 Å². The summed E-state index contributed by atoms with van der Waals surface area (Å²) in [6, 6.07) is 7.41. The summed E-state index contributed by atoms with van der Waals surface area (Å²) in [7, 11) is 0. The Morgan fingerprint density at radius 2 is 1.58 bits per heavy atom. The molecule has 0 aliphatic rings. The average molecular weight is 264 g/mol. The third-order valence-electron chi connectivity index (χ3n) is 2.77. The van der Waals surface area contributed by atoms with E-state index in [9.17, 15) is 8.78 Å². The first-order valence-corrected chi connectivity index (χ1v) is 5.92. The molecule has 0 bridgehead atoms. The monoisotopic (exact) mass is 264 g/mol. The van der Waals surface area contributed by atoms with E-state index in [1.54, 1.807) is 0 Å². The van der Waals surface area contributed by atoms with Crippen molar-refractivity contribution in [3.05, 3.63) is 59.4 Å². The molecule has 0 unspecified atom stereocenters. The van der Waals surface area contributed by atoms with E-state index in [1.807, 2.05) is 24.3 Å². The summed E-state index contributed by atoms with van der Waals surface area (Å²) in [5.41, 5.74) is 1.71. The molecule has 0 aliphatic carbocycles. The van der Waals surface area contributed by atoms with Crippen LogP contribution in [-0.4, -0.2) is 16.6 Å². The van der Waals surface area contributed by atoms with E-state index in [0.29, 0.717) is 13.0 Å². The van der Waals surface area contributed by atoms with Crippen LogP contribution in [0.5, 0.6) is 0 Å². The van der Waals surface area contributed by atoms with E-state index in [0.717, 1.165) is 23.5 Å². The highest BCUT2D eigenvalue weighted by Crippen LogP contribution is 2.16. The van der Waals surface area contributed by atoms with Gasteiger partial charge >= 0.3 is 0 Å². The van der Waals surface area contributed by atoms with Crippen LogP contribution in [0.3, 0.4) is 0 Å². The molecule has 3 nitrogen and oxygen atoms in total. The van der Waals surface area contributed by atoms with Crippen LogP contribution in [0, 0.1) is 11.6 Å². The largest absolute Gasteiger partial charge is 0.392 e. The van der Waals surface area contributed by atoms with Crippen LogP contribution in [0.4, 0.5) is 14.5 Å². The number of anilines is 1. The molecule has 2 N–H and O–H groups in total. The Morgan fingerprint density at radius 3 is 2.16 bits per heavy atom. The van der Waals surface area contributed by atoms with Crippen LogP contribution >= 0.6 is 0 Å². The molecule has 0 atom stereocenters. The maximum atomic E-state index is 13.3. The Morgan fingerprint density at radius 1 is 1.00 bits per heavy atom. The number of aliphatic hydroxyl groups is 1. The fourth-order valence-corrected chi connectivity index (χ4v) is 1.72. The standard InChI is InChI=1S/C14H14F2N2O/c15-12-7-17-8-13(16)14(12)18-6-5-10-1-3-11(9-19)4-2-10/h1-4,7-8,19H,5-6,9H2,(H,17,18). The van der Waals surface area contributed by atoms with Gasteiger partial charge in [-0.05, 0) is 17.5 Å². The molecular weight excluding hydrogens is 250 g/mol. The van der Waals surface area contributed by atoms with Crippen molar-refractivity contribution in [1.29, 1.82) is 0 Å². The highest BCUT2D eigenvalue weighted by Gasteiger charge is 2.07. The second kappa shape index (κ2) is 6.24. The lowest BCUT2D eigenvalue weighted by molar-refractivity contribution is 0.282. The first-order valence-electron chi connectivity index (χ1n) is 5.92. The predicted octanol–water partition coefficient (Wildman–Crippen LogP) is 2.51. The van der Waals surface area contributed by atoms with E-state index in [4.69, 9.17) is 5.11 Å². The zero-order valence-corrected chi connectivity index (χ0v) is 10.2. The maximum Gasteiger partial charge on any atom is 0.167 e. The number of benzene rings is 1. The summed E-state index contributed by atoms with van der Waals surface area (Å²) < 4.78 is 26.6. The number of hydrogen-bond acceptors (Lipinski definition) is 3. The first-order chi connectivity index (χ1) is 9.20. The van der Waals surface area contributed by atoms with Gasteiger partial charge < -0.3 is 10.4 Å². The van der Waals surface area contributed by atoms with Crippen molar-refractivity contribution in [2.75, 3.05) is 11.9 Å². The van der Waals surface area contributed by atoms with Crippen LogP contribution in [0.15, 0.2) is 36.7 Å². The summed E-state index contributed by atoms with van der Waals surface area (Å²) in [5.74, 6) is -1.40. The number of halogens is 2. The van der Waals surface area contributed by atoms with E-state index >= 15 is 0 Å². The molecule has 0 amide bonds. The molecule has 1 aromatic heterocycles. The maximum absolute atomic E-state index is 13.3. The Balaban J connectivity index is 1.92. The molecule has 2 aromatic rings. The number of aromatic nitrogens is 1. The molecule has 2 rings (SSSR count). The lowest BCUT2D eigenvalue weighted by atomic mass is 10.1. The summed E-state index contributed by atoms with van der Waals surface area (Å²) in [6.07, 6.45) is 2.58. The number of pyridine rings is 1. The van der Waals surface area contributed by atoms with Gasteiger partial charge in [0, 0.05) is 6.54 Å². The van der Waals surface area contributed by atoms with Gasteiger partial charge in [-0.15, -0.1) is 0 Å². The third kappa shape index (κ3) is 3.48. The fraction of sp³-hybridized carbons (Fsp3) is 0.214. The molecule has 0 saturated heterocycles. The Hall–Kier alpha value is -2.01. The predicted molar refractivity (Wildman–Crippen MR) is 68.7 cm³/mol. The summed E-state index contributed by atoms with van der Waals surface area (Å²) in [5, 5.41) is 11.6. The summed E-state index contributed by atoms with van der Waals surface area (Å²) in [6.45, 7) is 0.419. The minimum absolute atomic E-state index is 0.00592. The normalized spacial score (nSPS) is 10.5. The fourth-order valence-electron chi connectivity index (χ4n) is 1.72. The minimum Gasteiger partial charge on any atom is -0.392 e. The van der Waals surface area contributed by atoms with E-state index in [1.165, 1.54) is 0 Å². The highest BCUT2D eigenvalue weighted by molar-refractivity contribution is 5.44. The molecule has 1 aromatic carbocycles. The zero-order chi connectivity index (χ0) is 13.7. The van der Waals surface area contributed by atoms with Crippen molar-refractivity contribution >= 4 is 5.69 Å². The molecule has 19 heavy (non-hydrogen) atoms. The second-order valence-electron chi connectivity index (χ2n) is 4.13. The number of aliphatic hydroxyl groups excluding tert-OH is 1. The van der Waals surface area contributed by atoms with Gasteiger partial charge in [0.25, 0.3) is 0 Å². The number of nitrogens with one attached hydrogen (secondary N) is 1. The van der Waals surface area contributed by atoms with E-state index in [2.05, 4.69) is 10.3 Å². The molecule has 0 radical (unpaired) electrons. The zero-order valence-electron chi connectivity index (χ0n) is 10.2. The molecule has 100 valence electrons. The SMILES string of the molecule is OCc1ccc(CCNc2c(F)cncc2F)cc1. The second-order valence-corrected chi connectivity index (χ2v) is 4.13. The number of nitrogens with zero attached hydrogens (tertiary/aromatic N) is 1. The van der Waals surface area contributed by atoms with Crippen molar-refractivity contribution in [1.82, 2.24) is 4.98 Å². The lowest BCUT2D eigenvalue weighted by Gasteiger charge is -2.08. The van der Waals surface area contributed by atoms with Gasteiger partial charge in [-0.2, -0.15) is 0 Å². The van der Waals surface area contributed by atoms with Crippen molar-refractivity contribution < 1.29 is 13.9 Å². The number of hydrogen-bond donors (Lipinski definition) is 2. The average Bonchev–Trinajstić information content (AvgIpc) is 2.43. The van der Waals surface area contributed by atoms with E-state index < -0.39 is 11.6 Å². The molecule has 0 aliphatic heterocycles. The molecule has 1 heterocycles. The van der Waals surface area contributed by atoms with Crippen molar-refractivity contribution in [3.8, 4) is 0 Å². The summed E-state index contributed by atoms with van der Waals surface area (Å²) >= 11 is 0. The number of rotatable bonds is 5. The highest BCUT2D eigenvalue weighted by atomic mass is 19.1. The van der Waals surface area contributed by atoms with Crippen LogP contribution < -0.4 is 5.32 Å².